The van der Waals surface area contributed by atoms with E-state index in [-0.39, 0.29) is 4.90 Å². The molecule has 1 atom stereocenters. The molecular weight excluding hydrogens is 282 g/mol. The van der Waals surface area contributed by atoms with E-state index in [4.69, 9.17) is 0 Å². The second-order valence-electron chi connectivity index (χ2n) is 4.46. The quantitative estimate of drug-likeness (QED) is 0.834. The summed E-state index contributed by atoms with van der Waals surface area (Å²) in [4.78, 5) is 4.30. The number of nitrogens with one attached hydrogen (secondary N) is 2. The van der Waals surface area contributed by atoms with Gasteiger partial charge in [-0.1, -0.05) is 0 Å². The van der Waals surface area contributed by atoms with Crippen LogP contribution in [0.25, 0.3) is 0 Å². The monoisotopic (exact) mass is 301 g/mol. The standard InChI is InChI=1S/C12H19N3O2S2/c1-2-13-12-11(4-3-6-14-12)19(16,17)15-8-10-5-7-18-9-10/h3-4,6,10,15H,2,5,7-9H2,1H3,(H,13,14). The second-order valence-corrected chi connectivity index (χ2v) is 7.35. The van der Waals surface area contributed by atoms with Gasteiger partial charge in [0.05, 0.1) is 0 Å². The highest BCUT2D eigenvalue weighted by atomic mass is 32.2. The lowest BCUT2D eigenvalue weighted by molar-refractivity contribution is 0.546. The van der Waals surface area contributed by atoms with Gasteiger partial charge in [-0.3, -0.25) is 0 Å². The van der Waals surface area contributed by atoms with Crippen molar-refractivity contribution in [2.75, 3.05) is 29.9 Å². The third-order valence-electron chi connectivity index (χ3n) is 2.99. The van der Waals surface area contributed by atoms with Crippen molar-refractivity contribution in [2.45, 2.75) is 18.2 Å². The first-order valence-electron chi connectivity index (χ1n) is 6.40. The maximum Gasteiger partial charge on any atom is 0.244 e. The van der Waals surface area contributed by atoms with Crippen molar-refractivity contribution in [3.8, 4) is 0 Å². The molecule has 106 valence electrons. The molecule has 1 aliphatic heterocycles. The lowest BCUT2D eigenvalue weighted by Crippen LogP contribution is -2.30. The van der Waals surface area contributed by atoms with Crippen LogP contribution in [0.5, 0.6) is 0 Å². The fourth-order valence-corrected chi connectivity index (χ4v) is 4.49. The van der Waals surface area contributed by atoms with Crippen LogP contribution < -0.4 is 10.0 Å². The Labute approximate surface area is 118 Å². The average molecular weight is 301 g/mol. The smallest absolute Gasteiger partial charge is 0.244 e. The van der Waals surface area contributed by atoms with Crippen molar-refractivity contribution in [3.63, 3.8) is 0 Å². The van der Waals surface area contributed by atoms with E-state index in [0.717, 1.165) is 17.9 Å². The average Bonchev–Trinajstić information content (AvgIpc) is 2.91. The summed E-state index contributed by atoms with van der Waals surface area (Å²) in [6.45, 7) is 3.06. The molecule has 0 amide bonds. The summed E-state index contributed by atoms with van der Waals surface area (Å²) in [7, 11) is -3.48. The molecule has 0 aliphatic carbocycles. The Morgan fingerprint density at radius 2 is 2.37 bits per heavy atom. The zero-order valence-corrected chi connectivity index (χ0v) is 12.6. The number of aromatic nitrogens is 1. The first-order chi connectivity index (χ1) is 9.13. The number of pyridine rings is 1. The van der Waals surface area contributed by atoms with E-state index >= 15 is 0 Å². The molecule has 2 rings (SSSR count). The van der Waals surface area contributed by atoms with Crippen molar-refractivity contribution >= 4 is 27.6 Å². The summed E-state index contributed by atoms with van der Waals surface area (Å²) in [5, 5.41) is 2.98. The third kappa shape index (κ3) is 3.84. The molecule has 1 aliphatic rings. The van der Waals surface area contributed by atoms with Crippen LogP contribution in [0.2, 0.25) is 0 Å². The van der Waals surface area contributed by atoms with E-state index in [1.165, 1.54) is 0 Å². The zero-order chi connectivity index (χ0) is 13.7. The summed E-state index contributed by atoms with van der Waals surface area (Å²) < 4.78 is 27.3. The first-order valence-corrected chi connectivity index (χ1v) is 9.03. The van der Waals surface area contributed by atoms with Gasteiger partial charge in [0.15, 0.2) is 0 Å². The van der Waals surface area contributed by atoms with Crippen molar-refractivity contribution in [3.05, 3.63) is 18.3 Å². The van der Waals surface area contributed by atoms with Gasteiger partial charge < -0.3 is 5.32 Å². The SMILES string of the molecule is CCNc1ncccc1S(=O)(=O)NCC1CCSC1. The highest BCUT2D eigenvalue weighted by Gasteiger charge is 2.22. The number of anilines is 1. The number of hydrogen-bond acceptors (Lipinski definition) is 5. The Morgan fingerprint density at radius 3 is 3.05 bits per heavy atom. The van der Waals surface area contributed by atoms with Gasteiger partial charge >= 0.3 is 0 Å². The lowest BCUT2D eigenvalue weighted by atomic mass is 10.1. The predicted octanol–water partition coefficient (Wildman–Crippen LogP) is 1.54. The van der Waals surface area contributed by atoms with Gasteiger partial charge in [0.25, 0.3) is 0 Å². The van der Waals surface area contributed by atoms with Gasteiger partial charge in [-0.15, -0.1) is 0 Å². The van der Waals surface area contributed by atoms with E-state index < -0.39 is 10.0 Å². The van der Waals surface area contributed by atoms with Crippen molar-refractivity contribution in [1.82, 2.24) is 9.71 Å². The number of nitrogens with zero attached hydrogens (tertiary/aromatic N) is 1. The molecule has 1 aromatic rings. The molecule has 1 saturated heterocycles. The number of hydrogen-bond donors (Lipinski definition) is 2. The number of rotatable bonds is 6. The van der Waals surface area contributed by atoms with E-state index in [2.05, 4.69) is 15.0 Å². The highest BCUT2D eigenvalue weighted by Crippen LogP contribution is 2.23. The van der Waals surface area contributed by atoms with Crippen LogP contribution >= 0.6 is 11.8 Å². The molecular formula is C12H19N3O2S2. The minimum absolute atomic E-state index is 0.225. The summed E-state index contributed by atoms with van der Waals surface area (Å²) >= 11 is 1.88. The molecule has 0 spiro atoms. The number of thioether (sulfide) groups is 1. The summed E-state index contributed by atoms with van der Waals surface area (Å²) in [5.41, 5.74) is 0. The Kier molecular flexibility index (Phi) is 5.06. The van der Waals surface area contributed by atoms with Gasteiger partial charge in [-0.25, -0.2) is 18.1 Å². The van der Waals surface area contributed by atoms with Gasteiger partial charge in [-0.2, -0.15) is 11.8 Å². The minimum Gasteiger partial charge on any atom is -0.369 e. The number of sulfonamides is 1. The minimum atomic E-state index is -3.48. The molecule has 0 saturated carbocycles. The van der Waals surface area contributed by atoms with Crippen LogP contribution in [0.1, 0.15) is 13.3 Å². The maximum absolute atomic E-state index is 12.3. The van der Waals surface area contributed by atoms with Crippen LogP contribution in [-0.4, -0.2) is 38.0 Å². The summed E-state index contributed by atoms with van der Waals surface area (Å²) in [6, 6.07) is 3.22. The van der Waals surface area contributed by atoms with Gasteiger partial charge in [0.2, 0.25) is 10.0 Å². The van der Waals surface area contributed by atoms with E-state index in [9.17, 15) is 8.42 Å². The molecule has 19 heavy (non-hydrogen) atoms. The lowest BCUT2D eigenvalue weighted by Gasteiger charge is -2.13. The van der Waals surface area contributed by atoms with E-state index in [0.29, 0.717) is 24.8 Å². The molecule has 7 heteroatoms. The summed E-state index contributed by atoms with van der Waals surface area (Å²) in [5.74, 6) is 3.02. The normalized spacial score (nSPS) is 19.5. The summed E-state index contributed by atoms with van der Waals surface area (Å²) in [6.07, 6.45) is 2.67. The van der Waals surface area contributed by atoms with Crippen LogP contribution in [0.4, 0.5) is 5.82 Å². The van der Waals surface area contributed by atoms with Gasteiger partial charge in [0, 0.05) is 19.3 Å². The van der Waals surface area contributed by atoms with Gasteiger partial charge in [0.1, 0.15) is 10.7 Å². The molecule has 0 bridgehead atoms. The molecule has 2 heterocycles. The fraction of sp³-hybridized carbons (Fsp3) is 0.583. The van der Waals surface area contributed by atoms with Crippen molar-refractivity contribution in [1.29, 1.82) is 0 Å². The Morgan fingerprint density at radius 1 is 1.53 bits per heavy atom. The van der Waals surface area contributed by atoms with E-state index in [1.54, 1.807) is 18.3 Å². The van der Waals surface area contributed by atoms with Crippen molar-refractivity contribution in [2.24, 2.45) is 5.92 Å². The molecule has 1 aromatic heterocycles. The first kappa shape index (κ1) is 14.6. The molecule has 1 fully saturated rings. The van der Waals surface area contributed by atoms with Gasteiger partial charge in [-0.05, 0) is 42.9 Å². The molecule has 0 radical (unpaired) electrons. The van der Waals surface area contributed by atoms with Crippen LogP contribution in [0, 0.1) is 5.92 Å². The van der Waals surface area contributed by atoms with Crippen LogP contribution in [0.15, 0.2) is 23.2 Å². The Hall–Kier alpha value is -0.790. The molecule has 1 unspecified atom stereocenters. The zero-order valence-electron chi connectivity index (χ0n) is 10.9. The van der Waals surface area contributed by atoms with Crippen LogP contribution in [-0.2, 0) is 10.0 Å². The largest absolute Gasteiger partial charge is 0.369 e. The topological polar surface area (TPSA) is 71.1 Å². The fourth-order valence-electron chi connectivity index (χ4n) is 1.96. The third-order valence-corrected chi connectivity index (χ3v) is 5.68. The highest BCUT2D eigenvalue weighted by molar-refractivity contribution is 7.99. The Balaban J connectivity index is 2.09. The molecule has 0 aromatic carbocycles. The van der Waals surface area contributed by atoms with Crippen LogP contribution in [0.3, 0.4) is 0 Å². The molecule has 5 nitrogen and oxygen atoms in total. The molecule has 2 N–H and O–H groups in total. The van der Waals surface area contributed by atoms with Crippen molar-refractivity contribution < 1.29 is 8.42 Å². The second kappa shape index (κ2) is 6.58. The van der Waals surface area contributed by atoms with E-state index in [1.807, 2.05) is 18.7 Å². The predicted molar refractivity (Wildman–Crippen MR) is 79.0 cm³/mol. The Bertz CT molecular complexity index is 513. The maximum atomic E-state index is 12.3.